The average molecular weight is 316 g/mol. The summed E-state index contributed by atoms with van der Waals surface area (Å²) in [6.45, 7) is 0. The summed E-state index contributed by atoms with van der Waals surface area (Å²) in [5, 5.41) is 0.563. The van der Waals surface area contributed by atoms with Gasteiger partial charge in [0.25, 0.3) is 0 Å². The van der Waals surface area contributed by atoms with Crippen molar-refractivity contribution < 1.29 is 4.39 Å². The predicted molar refractivity (Wildman–Crippen MR) is 71.4 cm³/mol. The average Bonchev–Trinajstić information content (AvgIpc) is 2.29. The highest BCUT2D eigenvalue weighted by atomic mass is 79.9. The molecule has 0 atom stereocenters. The first kappa shape index (κ1) is 12.3. The number of nitrogens with zero attached hydrogens (tertiary/aromatic N) is 2. The van der Waals surface area contributed by atoms with E-state index in [1.54, 1.807) is 24.4 Å². The number of halogens is 3. The van der Waals surface area contributed by atoms with E-state index in [0.29, 0.717) is 5.02 Å². The van der Waals surface area contributed by atoms with Gasteiger partial charge in [-0.05, 0) is 46.3 Å². The van der Waals surface area contributed by atoms with Crippen LogP contribution in [0.15, 0.2) is 41.0 Å². The van der Waals surface area contributed by atoms with Crippen LogP contribution in [0, 0.1) is 5.82 Å². The first-order valence-electron chi connectivity index (χ1n) is 4.88. The summed E-state index contributed by atoms with van der Waals surface area (Å²) in [6.07, 6.45) is 1.57. The molecule has 5 heteroatoms. The van der Waals surface area contributed by atoms with Crippen LogP contribution >= 0.6 is 27.5 Å². The second-order valence-corrected chi connectivity index (χ2v) is 4.79. The summed E-state index contributed by atoms with van der Waals surface area (Å²) in [4.78, 5) is 6.08. The molecule has 1 aromatic heterocycles. The zero-order valence-corrected chi connectivity index (χ0v) is 11.3. The second kappa shape index (κ2) is 5.02. The molecule has 1 heterocycles. The molecule has 0 saturated heterocycles. The molecule has 0 radical (unpaired) electrons. The molecule has 88 valence electrons. The number of aromatic nitrogens is 1. The van der Waals surface area contributed by atoms with Crippen molar-refractivity contribution in [3.8, 4) is 0 Å². The number of hydrogen-bond acceptors (Lipinski definition) is 2. The van der Waals surface area contributed by atoms with Gasteiger partial charge in [0.05, 0.1) is 9.50 Å². The molecule has 0 aliphatic carbocycles. The standard InChI is InChI=1S/C12H9BrClFN2/c1-17(10-4-2-9(15)3-5-10)12-11(13)6-8(14)7-16-12/h2-7H,1H3. The Morgan fingerprint density at radius 2 is 1.94 bits per heavy atom. The highest BCUT2D eigenvalue weighted by molar-refractivity contribution is 9.10. The Balaban J connectivity index is 2.36. The zero-order chi connectivity index (χ0) is 12.4. The highest BCUT2D eigenvalue weighted by Crippen LogP contribution is 2.30. The lowest BCUT2D eigenvalue weighted by Gasteiger charge is -2.19. The molecule has 2 nitrogen and oxygen atoms in total. The lowest BCUT2D eigenvalue weighted by molar-refractivity contribution is 0.628. The molecule has 17 heavy (non-hydrogen) atoms. The van der Waals surface area contributed by atoms with Crippen LogP contribution in [0.25, 0.3) is 0 Å². The van der Waals surface area contributed by atoms with Crippen molar-refractivity contribution in [2.75, 3.05) is 11.9 Å². The maximum absolute atomic E-state index is 12.8. The van der Waals surface area contributed by atoms with E-state index in [-0.39, 0.29) is 5.82 Å². The zero-order valence-electron chi connectivity index (χ0n) is 8.99. The van der Waals surface area contributed by atoms with Crippen LogP contribution in [0.5, 0.6) is 0 Å². The normalized spacial score (nSPS) is 10.4. The van der Waals surface area contributed by atoms with E-state index in [4.69, 9.17) is 11.6 Å². The Bertz CT molecular complexity index is 531. The Kier molecular flexibility index (Phi) is 3.64. The van der Waals surface area contributed by atoms with Gasteiger partial charge in [0, 0.05) is 18.9 Å². The fourth-order valence-electron chi connectivity index (χ4n) is 1.44. The molecule has 0 spiro atoms. The number of rotatable bonds is 2. The van der Waals surface area contributed by atoms with E-state index >= 15 is 0 Å². The van der Waals surface area contributed by atoms with E-state index in [1.807, 2.05) is 11.9 Å². The quantitative estimate of drug-likeness (QED) is 0.816. The van der Waals surface area contributed by atoms with Crippen molar-refractivity contribution in [3.63, 3.8) is 0 Å². The van der Waals surface area contributed by atoms with Crippen LogP contribution < -0.4 is 4.90 Å². The number of benzene rings is 1. The summed E-state index contributed by atoms with van der Waals surface area (Å²) in [7, 11) is 1.86. The van der Waals surface area contributed by atoms with Gasteiger partial charge in [0.2, 0.25) is 0 Å². The topological polar surface area (TPSA) is 16.1 Å². The molecule has 0 amide bonds. The van der Waals surface area contributed by atoms with Gasteiger partial charge >= 0.3 is 0 Å². The van der Waals surface area contributed by atoms with Gasteiger partial charge < -0.3 is 4.90 Å². The summed E-state index contributed by atoms with van der Waals surface area (Å²) >= 11 is 9.22. The lowest BCUT2D eigenvalue weighted by Crippen LogP contribution is -2.11. The van der Waals surface area contributed by atoms with E-state index < -0.39 is 0 Å². The van der Waals surface area contributed by atoms with Gasteiger partial charge in [0.15, 0.2) is 0 Å². The van der Waals surface area contributed by atoms with Gasteiger partial charge in [-0.25, -0.2) is 9.37 Å². The van der Waals surface area contributed by atoms with Crippen molar-refractivity contribution >= 4 is 39.0 Å². The van der Waals surface area contributed by atoms with Crippen LogP contribution in [0.1, 0.15) is 0 Å². The summed E-state index contributed by atoms with van der Waals surface area (Å²) in [5.41, 5.74) is 0.849. The van der Waals surface area contributed by atoms with Crippen LogP contribution in [0.2, 0.25) is 5.02 Å². The van der Waals surface area contributed by atoms with Crippen molar-refractivity contribution in [2.45, 2.75) is 0 Å². The molecule has 2 aromatic rings. The Morgan fingerprint density at radius 3 is 2.53 bits per heavy atom. The van der Waals surface area contributed by atoms with Gasteiger partial charge in [-0.15, -0.1) is 0 Å². The third kappa shape index (κ3) is 2.76. The minimum Gasteiger partial charge on any atom is -0.329 e. The van der Waals surface area contributed by atoms with Crippen LogP contribution in [0.3, 0.4) is 0 Å². The predicted octanol–water partition coefficient (Wildman–Crippen LogP) is 4.40. The van der Waals surface area contributed by atoms with Crippen molar-refractivity contribution in [1.29, 1.82) is 0 Å². The number of anilines is 2. The van der Waals surface area contributed by atoms with Crippen LogP contribution in [-0.4, -0.2) is 12.0 Å². The summed E-state index contributed by atoms with van der Waals surface area (Å²) in [6, 6.07) is 7.98. The molecule has 0 aliphatic rings. The maximum atomic E-state index is 12.8. The number of hydrogen-bond donors (Lipinski definition) is 0. The van der Waals surface area contributed by atoms with E-state index in [1.165, 1.54) is 12.1 Å². The van der Waals surface area contributed by atoms with Crippen molar-refractivity contribution in [3.05, 3.63) is 51.8 Å². The van der Waals surface area contributed by atoms with E-state index in [0.717, 1.165) is 16.0 Å². The molecular weight excluding hydrogens is 307 g/mol. The lowest BCUT2D eigenvalue weighted by atomic mass is 10.3. The Hall–Kier alpha value is -1.13. The fourth-order valence-corrected chi connectivity index (χ4v) is 2.35. The second-order valence-electron chi connectivity index (χ2n) is 3.49. The minimum atomic E-state index is -0.259. The Morgan fingerprint density at radius 1 is 1.29 bits per heavy atom. The third-order valence-corrected chi connectivity index (χ3v) is 3.11. The minimum absolute atomic E-state index is 0.259. The molecule has 2 rings (SSSR count). The molecular formula is C12H9BrClFN2. The van der Waals surface area contributed by atoms with Gasteiger partial charge in [-0.3, -0.25) is 0 Å². The number of pyridine rings is 1. The monoisotopic (exact) mass is 314 g/mol. The first-order valence-corrected chi connectivity index (χ1v) is 6.05. The molecule has 0 saturated carbocycles. The molecule has 0 unspecified atom stereocenters. The van der Waals surface area contributed by atoms with Crippen molar-refractivity contribution in [2.24, 2.45) is 0 Å². The fraction of sp³-hybridized carbons (Fsp3) is 0.0833. The summed E-state index contributed by atoms with van der Waals surface area (Å²) in [5.74, 6) is 0.464. The molecule has 0 N–H and O–H groups in total. The van der Waals surface area contributed by atoms with Gasteiger partial charge in [-0.2, -0.15) is 0 Å². The third-order valence-electron chi connectivity index (χ3n) is 2.32. The van der Waals surface area contributed by atoms with Crippen LogP contribution in [-0.2, 0) is 0 Å². The molecule has 0 bridgehead atoms. The largest absolute Gasteiger partial charge is 0.329 e. The van der Waals surface area contributed by atoms with Crippen molar-refractivity contribution in [1.82, 2.24) is 4.98 Å². The smallest absolute Gasteiger partial charge is 0.147 e. The molecule has 1 aromatic carbocycles. The molecule has 0 aliphatic heterocycles. The maximum Gasteiger partial charge on any atom is 0.147 e. The van der Waals surface area contributed by atoms with Gasteiger partial charge in [-0.1, -0.05) is 11.6 Å². The Labute approximate surface area is 112 Å². The summed E-state index contributed by atoms with van der Waals surface area (Å²) < 4.78 is 13.6. The highest BCUT2D eigenvalue weighted by Gasteiger charge is 2.09. The first-order chi connectivity index (χ1) is 8.08. The molecule has 0 fully saturated rings. The van der Waals surface area contributed by atoms with Crippen LogP contribution in [0.4, 0.5) is 15.9 Å². The van der Waals surface area contributed by atoms with E-state index in [9.17, 15) is 4.39 Å². The van der Waals surface area contributed by atoms with E-state index in [2.05, 4.69) is 20.9 Å². The SMILES string of the molecule is CN(c1ccc(F)cc1)c1ncc(Cl)cc1Br. The van der Waals surface area contributed by atoms with Gasteiger partial charge in [0.1, 0.15) is 11.6 Å².